The minimum absolute atomic E-state index is 0.192. The average Bonchev–Trinajstić information content (AvgIpc) is 3.27. The van der Waals surface area contributed by atoms with Gasteiger partial charge in [-0.2, -0.15) is 0 Å². The number of rotatable bonds is 26. The monoisotopic (exact) mass is 1040 g/mol. The third kappa shape index (κ3) is 54.7. The van der Waals surface area contributed by atoms with Gasteiger partial charge < -0.3 is 69.9 Å². The molecule has 0 heterocycles. The van der Waals surface area contributed by atoms with Gasteiger partial charge in [0.1, 0.15) is 0 Å². The van der Waals surface area contributed by atoms with E-state index in [4.69, 9.17) is 51.0 Å². The molecule has 0 aromatic carbocycles. The van der Waals surface area contributed by atoms with Crippen LogP contribution in [0.1, 0.15) is 47.0 Å². The van der Waals surface area contributed by atoms with Crippen molar-refractivity contribution >= 4 is 61.2 Å². The molecule has 0 fully saturated rings. The molecule has 0 aliphatic rings. The highest BCUT2D eigenvalue weighted by molar-refractivity contribution is 6.66. The minimum atomic E-state index is -1.81. The maximum Gasteiger partial charge on any atom is 0.340 e. The summed E-state index contributed by atoms with van der Waals surface area (Å²) in [5.41, 5.74) is 0.838. The van der Waals surface area contributed by atoms with Crippen LogP contribution in [0.25, 0.3) is 0 Å². The maximum atomic E-state index is 10.9. The highest BCUT2D eigenvalue weighted by Gasteiger charge is 2.29. The fourth-order valence-electron chi connectivity index (χ4n) is 3.27. The van der Waals surface area contributed by atoms with Crippen LogP contribution in [0.5, 0.6) is 0 Å². The molecule has 0 unspecified atom stereocenters. The predicted octanol–water partition coefficient (Wildman–Crippen LogP) is 8.98. The Morgan fingerprint density at radius 3 is 0.701 bits per heavy atom. The van der Waals surface area contributed by atoms with Gasteiger partial charge in [-0.15, -0.1) is 11.6 Å². The summed E-state index contributed by atoms with van der Waals surface area (Å²) in [5, 5.41) is 16.6. The zero-order valence-electron chi connectivity index (χ0n) is 43.5. The molecule has 67 heavy (non-hydrogen) atoms. The largest absolute Gasteiger partial charge is 0.481 e. The van der Waals surface area contributed by atoms with Gasteiger partial charge in [-0.1, -0.05) is 26.3 Å². The van der Waals surface area contributed by atoms with Crippen molar-refractivity contribution in [3.05, 3.63) is 86.2 Å². The summed E-state index contributed by atoms with van der Waals surface area (Å²) in [6.07, 6.45) is 4.52. The summed E-state index contributed by atoms with van der Waals surface area (Å²) < 4.78 is 63.9. The first-order valence-electron chi connectivity index (χ1n) is 20.1. The van der Waals surface area contributed by atoms with E-state index < -0.39 is 61.5 Å². The van der Waals surface area contributed by atoms with Crippen LogP contribution in [-0.2, 0) is 78.9 Å². The van der Waals surface area contributed by atoms with E-state index in [-0.39, 0.29) is 28.2 Å². The van der Waals surface area contributed by atoms with Gasteiger partial charge in [0.05, 0.1) is 0 Å². The Balaban J connectivity index is -0.000000129. The second-order valence-electron chi connectivity index (χ2n) is 13.8. The number of methoxy groups -OCH3 is 3. The number of carbonyl (C=O) groups excluding carboxylic acids is 4. The molecule has 0 bridgehead atoms. The molecule has 0 aliphatic carbocycles. The number of aliphatic hydroxyl groups is 2. The van der Waals surface area contributed by atoms with Gasteiger partial charge in [0, 0.05) is 112 Å². The lowest BCUT2D eigenvalue weighted by atomic mass is 10.4. The Hall–Kier alpha value is -3.76. The number of alkyl halides is 1. The van der Waals surface area contributed by atoms with Crippen molar-refractivity contribution in [2.45, 2.75) is 84.7 Å². The van der Waals surface area contributed by atoms with Crippen LogP contribution in [0.4, 0.5) is 0 Å². The van der Waals surface area contributed by atoms with E-state index in [9.17, 15) is 19.2 Å². The number of carbonyl (C=O) groups is 4. The number of hydrogen-bond acceptors (Lipinski definition) is 19. The molecule has 0 saturated carbocycles. The molecule has 19 nitrogen and oxygen atoms in total. The molecule has 0 aromatic rings. The van der Waals surface area contributed by atoms with Crippen molar-refractivity contribution in [2.75, 3.05) is 90.2 Å². The van der Waals surface area contributed by atoms with Crippen LogP contribution in [0.15, 0.2) is 86.2 Å². The first-order chi connectivity index (χ1) is 31.0. The molecular formula is C44H85ClO19Si3. The predicted molar refractivity (Wildman–Crippen MR) is 269 cm³/mol. The van der Waals surface area contributed by atoms with E-state index >= 15 is 0 Å². The second kappa shape index (κ2) is 48.7. The lowest BCUT2D eigenvalue weighted by Crippen LogP contribution is -2.36. The van der Waals surface area contributed by atoms with Crippen LogP contribution in [0.3, 0.4) is 0 Å². The van der Waals surface area contributed by atoms with E-state index in [1.165, 1.54) is 34.1 Å². The van der Waals surface area contributed by atoms with Gasteiger partial charge in [-0.25, -0.2) is 19.2 Å². The van der Waals surface area contributed by atoms with Gasteiger partial charge in [0.2, 0.25) is 0 Å². The Bertz CT molecular complexity index is 1320. The molecule has 23 heteroatoms. The Labute approximate surface area is 410 Å². The van der Waals surface area contributed by atoms with Crippen molar-refractivity contribution in [1.29, 1.82) is 0 Å². The summed E-state index contributed by atoms with van der Waals surface area (Å²) in [5.74, 6) is -4.31. The molecule has 0 aromatic heterocycles. The van der Waals surface area contributed by atoms with Gasteiger partial charge in [0.15, 0.2) is 0 Å². The maximum absolute atomic E-state index is 10.9. The Morgan fingerprint density at radius 1 is 0.403 bits per heavy atom. The summed E-state index contributed by atoms with van der Waals surface area (Å²) in [6, 6.07) is 2.98. The van der Waals surface area contributed by atoms with Gasteiger partial charge in [0.25, 0.3) is 17.8 Å². The molecule has 0 rings (SSSR count). The number of halogens is 1. The first-order valence-corrected chi connectivity index (χ1v) is 28.4. The molecule has 2 N–H and O–H groups in total. The molecule has 0 aliphatic heterocycles. The lowest BCUT2D eigenvalue weighted by Gasteiger charge is -2.22. The van der Waals surface area contributed by atoms with E-state index in [0.29, 0.717) is 0 Å². The van der Waals surface area contributed by atoms with Crippen molar-refractivity contribution in [1.82, 2.24) is 0 Å². The van der Waals surface area contributed by atoms with E-state index in [2.05, 4.69) is 96.2 Å². The van der Waals surface area contributed by atoms with Crippen LogP contribution in [-0.4, -0.2) is 150 Å². The molecule has 0 atom stereocenters. The summed E-state index contributed by atoms with van der Waals surface area (Å²) in [6.45, 7) is 36.8. The van der Waals surface area contributed by atoms with E-state index in [0.717, 1.165) is 57.2 Å². The fourth-order valence-corrected chi connectivity index (χ4v) is 7.35. The zero-order valence-corrected chi connectivity index (χ0v) is 47.3. The first kappa shape index (κ1) is 77.5. The quantitative estimate of drug-likeness (QED) is 0.0157. The van der Waals surface area contributed by atoms with E-state index in [1.807, 2.05) is 0 Å². The highest BCUT2D eigenvalue weighted by Crippen LogP contribution is 2.15. The number of aliphatic hydroxyl groups excluding tert-OH is 2. The normalized spacial score (nSPS) is 10.0. The summed E-state index contributed by atoms with van der Waals surface area (Å²) in [7, 11) is 9.94. The number of ether oxygens (including phenoxy) is 7. The van der Waals surface area contributed by atoms with Crippen LogP contribution >= 0.6 is 11.6 Å². The second-order valence-corrected chi connectivity index (χ2v) is 24.5. The third-order valence-electron chi connectivity index (χ3n) is 7.76. The topological polar surface area (TPSA) is 229 Å². The van der Waals surface area contributed by atoms with E-state index in [1.54, 1.807) is 64.0 Å². The molecular weight excluding hydrogens is 952 g/mol. The smallest absolute Gasteiger partial charge is 0.340 e. The average molecular weight is 1040 g/mol. The van der Waals surface area contributed by atoms with Gasteiger partial charge >= 0.3 is 49.6 Å². The van der Waals surface area contributed by atoms with Crippen molar-refractivity contribution in [2.24, 2.45) is 0 Å². The molecule has 394 valence electrons. The minimum Gasteiger partial charge on any atom is -0.481 e. The highest BCUT2D eigenvalue weighted by atomic mass is 35.5. The Kier molecular flexibility index (Phi) is 56.3. The zero-order chi connectivity index (χ0) is 54.4. The Morgan fingerprint density at radius 2 is 0.582 bits per heavy atom. The standard InChI is InChI=1S/C10H12O4.3C7H18O3Si.2C6H8O3.CH3Cl/c1-6(2)9(11)13-8(5)14-10(12)7(3)4;3*1-8-6-5-7-11(4,9-2)10-3;2*1-4(2)6(8)9-5(3)7;1-2/h1,3,5H2,2,4H3;3*5-7H2,1-4H3;2*7H,1,3H2,2H3;1H3. The molecule has 0 saturated heterocycles. The number of esters is 4. The van der Waals surface area contributed by atoms with Crippen molar-refractivity contribution in [3.8, 4) is 0 Å². The summed E-state index contributed by atoms with van der Waals surface area (Å²) >= 11 is 4.64. The lowest BCUT2D eigenvalue weighted by molar-refractivity contribution is -0.149. The van der Waals surface area contributed by atoms with Crippen molar-refractivity contribution in [3.63, 3.8) is 0 Å². The van der Waals surface area contributed by atoms with Crippen LogP contribution in [0.2, 0.25) is 37.8 Å². The van der Waals surface area contributed by atoms with Gasteiger partial charge in [-0.3, -0.25) is 0 Å². The molecule has 0 spiro atoms. The fraction of sp³-hybridized carbons (Fsp3) is 0.591. The third-order valence-corrected chi connectivity index (χ3v) is 16.7. The van der Waals surface area contributed by atoms with Crippen LogP contribution in [0, 0.1) is 0 Å². The summed E-state index contributed by atoms with van der Waals surface area (Å²) in [4.78, 5) is 42.6. The van der Waals surface area contributed by atoms with Gasteiger partial charge in [-0.05, 0) is 104 Å². The van der Waals surface area contributed by atoms with Crippen LogP contribution < -0.4 is 0 Å². The van der Waals surface area contributed by atoms with Crippen molar-refractivity contribution < 1.29 is 89.1 Å². The molecule has 0 radical (unpaired) electrons. The SMILES string of the molecule is C=C(O)OC(=O)C(=C)C.C=C(O)OC(=O)C(=C)C.C=C(OC(=O)C(=C)C)OC(=O)C(=C)C.CCl.COCCC[Si](C)(OC)OC.COCCC[Si](C)(OC)OC.COCCC[Si](C)(OC)OC. The number of hydrogen-bond donors (Lipinski definition) is 2. The molecule has 0 amide bonds.